The number of imidazole rings is 1. The quantitative estimate of drug-likeness (QED) is 0.0665. The van der Waals surface area contributed by atoms with E-state index < -0.39 is 17.6 Å². The number of nitrogens with two attached hydrogens (primary N) is 1. The lowest BCUT2D eigenvalue weighted by Gasteiger charge is -2.28. The first-order valence-corrected chi connectivity index (χ1v) is 21.2. The third-order valence-corrected chi connectivity index (χ3v) is 14.1. The van der Waals surface area contributed by atoms with Gasteiger partial charge in [0, 0.05) is 74.1 Å². The molecule has 0 aliphatic carbocycles. The van der Waals surface area contributed by atoms with Gasteiger partial charge in [0.15, 0.2) is 0 Å². The van der Waals surface area contributed by atoms with E-state index in [2.05, 4.69) is 53.5 Å². The number of nitrogens with one attached hydrogen (secondary N) is 1. The Hall–Kier alpha value is -3.14. The van der Waals surface area contributed by atoms with Gasteiger partial charge in [-0.15, -0.1) is 0 Å². The summed E-state index contributed by atoms with van der Waals surface area (Å²) in [7, 11) is -5.45. The standard InChI is InChI=1S/C37H53N3O6Si2/c1-7-41-47(42-8-2,43-9-3)27-25-29-13-17-31(18-14-29)35-36(40-37(39-35)33-21-23-34(38)24-22-33)32-19-15-30(16-20-32)26-28-48(44-10-4,45-11-5)46-12-6/h13-24H,7-12,25-28,38H2,1-6H3,(H,39,40). The summed E-state index contributed by atoms with van der Waals surface area (Å²) < 4.78 is 36.4. The number of anilines is 1. The van der Waals surface area contributed by atoms with Gasteiger partial charge in [-0.1, -0.05) is 48.5 Å². The smallest absolute Gasteiger partial charge is 0.399 e. The van der Waals surface area contributed by atoms with Crippen LogP contribution in [-0.4, -0.2) is 67.2 Å². The van der Waals surface area contributed by atoms with Crippen LogP contribution in [0.3, 0.4) is 0 Å². The molecule has 0 saturated carbocycles. The van der Waals surface area contributed by atoms with Crippen molar-refractivity contribution in [1.82, 2.24) is 9.97 Å². The maximum atomic E-state index is 6.07. The van der Waals surface area contributed by atoms with Gasteiger partial charge >= 0.3 is 17.6 Å². The zero-order valence-electron chi connectivity index (χ0n) is 29.5. The van der Waals surface area contributed by atoms with Crippen LogP contribution in [-0.2, 0) is 39.4 Å². The molecule has 1 heterocycles. The van der Waals surface area contributed by atoms with Crippen LogP contribution in [0.5, 0.6) is 0 Å². The van der Waals surface area contributed by atoms with Crippen molar-refractivity contribution < 1.29 is 26.6 Å². The van der Waals surface area contributed by atoms with Crippen LogP contribution in [0, 0.1) is 0 Å². The van der Waals surface area contributed by atoms with Crippen LogP contribution in [0.15, 0.2) is 72.8 Å². The number of nitrogen functional groups attached to an aromatic ring is 1. The first kappa shape index (κ1) is 37.7. The summed E-state index contributed by atoms with van der Waals surface area (Å²) in [6.07, 6.45) is 1.61. The molecule has 0 fully saturated rings. The average molecular weight is 692 g/mol. The van der Waals surface area contributed by atoms with Gasteiger partial charge in [0.25, 0.3) is 0 Å². The Balaban J connectivity index is 1.60. The Labute approximate surface area is 288 Å². The zero-order chi connectivity index (χ0) is 34.4. The van der Waals surface area contributed by atoms with Crippen LogP contribution in [0.2, 0.25) is 12.1 Å². The van der Waals surface area contributed by atoms with E-state index in [4.69, 9.17) is 37.3 Å². The predicted molar refractivity (Wildman–Crippen MR) is 198 cm³/mol. The predicted octanol–water partition coefficient (Wildman–Crippen LogP) is 8.17. The molecular formula is C37H53N3O6Si2. The van der Waals surface area contributed by atoms with E-state index in [-0.39, 0.29) is 0 Å². The number of aromatic nitrogens is 2. The number of aryl methyl sites for hydroxylation is 2. The minimum absolute atomic E-state index is 0.570. The molecule has 9 nitrogen and oxygen atoms in total. The van der Waals surface area contributed by atoms with Crippen molar-refractivity contribution in [3.8, 4) is 33.9 Å². The summed E-state index contributed by atoms with van der Waals surface area (Å²) in [4.78, 5) is 8.71. The third-order valence-electron chi connectivity index (χ3n) is 7.98. The summed E-state index contributed by atoms with van der Waals surface area (Å²) in [6.45, 7) is 15.4. The Kier molecular flexibility index (Phi) is 14.6. The molecule has 0 saturated heterocycles. The molecule has 0 aliphatic heterocycles. The highest BCUT2D eigenvalue weighted by molar-refractivity contribution is 6.61. The fourth-order valence-corrected chi connectivity index (χ4v) is 11.0. The van der Waals surface area contributed by atoms with E-state index in [1.54, 1.807) is 0 Å². The van der Waals surface area contributed by atoms with E-state index >= 15 is 0 Å². The molecule has 0 aliphatic rings. The molecule has 0 radical (unpaired) electrons. The van der Waals surface area contributed by atoms with Crippen molar-refractivity contribution in [3.05, 3.63) is 83.9 Å². The molecule has 4 aromatic rings. The summed E-state index contributed by atoms with van der Waals surface area (Å²) in [5.74, 6) is 0.787. The highest BCUT2D eigenvalue weighted by Gasteiger charge is 2.40. The first-order chi connectivity index (χ1) is 23.3. The molecule has 11 heteroatoms. The van der Waals surface area contributed by atoms with Crippen molar-refractivity contribution in [2.24, 2.45) is 0 Å². The molecule has 4 rings (SSSR count). The Morgan fingerprint density at radius 2 is 0.896 bits per heavy atom. The number of hydrogen-bond acceptors (Lipinski definition) is 8. The second-order valence-corrected chi connectivity index (χ2v) is 16.8. The molecule has 0 unspecified atom stereocenters. The van der Waals surface area contributed by atoms with Crippen molar-refractivity contribution >= 4 is 23.3 Å². The topological polar surface area (TPSA) is 110 Å². The third kappa shape index (κ3) is 9.96. The first-order valence-electron chi connectivity index (χ1n) is 17.3. The molecule has 1 aromatic heterocycles. The second kappa shape index (κ2) is 18.6. The van der Waals surface area contributed by atoms with E-state index in [1.807, 2.05) is 65.8 Å². The lowest BCUT2D eigenvalue weighted by Crippen LogP contribution is -2.46. The largest absolute Gasteiger partial charge is 0.501 e. The van der Waals surface area contributed by atoms with Crippen LogP contribution >= 0.6 is 0 Å². The Morgan fingerprint density at radius 3 is 1.29 bits per heavy atom. The molecule has 0 spiro atoms. The fraction of sp³-hybridized carbons (Fsp3) is 0.432. The Morgan fingerprint density at radius 1 is 0.521 bits per heavy atom. The summed E-state index contributed by atoms with van der Waals surface area (Å²) in [6, 6.07) is 26.5. The maximum Gasteiger partial charge on any atom is 0.501 e. The second-order valence-electron chi connectivity index (χ2n) is 11.3. The minimum atomic E-state index is -2.73. The SMILES string of the molecule is CCO[Si](CCc1ccc(-c2nc(-c3ccc(N)cc3)[nH]c2-c2ccc(CC[Si](OCC)(OCC)OCC)cc2)cc1)(OCC)OCC. The van der Waals surface area contributed by atoms with Gasteiger partial charge in [-0.2, -0.15) is 0 Å². The number of hydrogen-bond donors (Lipinski definition) is 2. The Bertz CT molecular complexity index is 1390. The fourth-order valence-electron chi connectivity index (χ4n) is 5.83. The monoisotopic (exact) mass is 691 g/mol. The van der Waals surface area contributed by atoms with Gasteiger partial charge in [-0.3, -0.25) is 0 Å². The van der Waals surface area contributed by atoms with Crippen molar-refractivity contribution in [1.29, 1.82) is 0 Å². The van der Waals surface area contributed by atoms with Crippen LogP contribution in [0.1, 0.15) is 52.7 Å². The highest BCUT2D eigenvalue weighted by atomic mass is 28.4. The van der Waals surface area contributed by atoms with Crippen molar-refractivity contribution in [2.45, 2.75) is 66.5 Å². The minimum Gasteiger partial charge on any atom is -0.399 e. The molecule has 260 valence electrons. The molecule has 48 heavy (non-hydrogen) atoms. The number of benzene rings is 3. The lowest BCUT2D eigenvalue weighted by atomic mass is 10.0. The van der Waals surface area contributed by atoms with Crippen LogP contribution < -0.4 is 5.73 Å². The van der Waals surface area contributed by atoms with Gasteiger partial charge < -0.3 is 37.3 Å². The molecular weight excluding hydrogens is 639 g/mol. The summed E-state index contributed by atoms with van der Waals surface area (Å²) in [5, 5.41) is 0. The molecule has 0 atom stereocenters. The number of aromatic amines is 1. The van der Waals surface area contributed by atoms with Gasteiger partial charge in [-0.25, -0.2) is 4.98 Å². The molecule has 0 amide bonds. The van der Waals surface area contributed by atoms with Crippen molar-refractivity contribution in [3.63, 3.8) is 0 Å². The van der Waals surface area contributed by atoms with Crippen LogP contribution in [0.25, 0.3) is 33.9 Å². The van der Waals surface area contributed by atoms with Crippen molar-refractivity contribution in [2.75, 3.05) is 45.4 Å². The molecule has 0 bridgehead atoms. The lowest BCUT2D eigenvalue weighted by molar-refractivity contribution is 0.0706. The maximum absolute atomic E-state index is 6.07. The van der Waals surface area contributed by atoms with Gasteiger partial charge in [-0.05, 0) is 89.8 Å². The van der Waals surface area contributed by atoms with Gasteiger partial charge in [0.2, 0.25) is 0 Å². The average Bonchev–Trinajstić information content (AvgIpc) is 3.54. The number of rotatable bonds is 21. The van der Waals surface area contributed by atoms with Gasteiger partial charge in [0.1, 0.15) is 5.82 Å². The van der Waals surface area contributed by atoms with E-state index in [9.17, 15) is 0 Å². The highest BCUT2D eigenvalue weighted by Crippen LogP contribution is 2.34. The molecule has 3 N–H and O–H groups in total. The number of H-pyrrole nitrogens is 1. The zero-order valence-corrected chi connectivity index (χ0v) is 31.5. The summed E-state index contributed by atoms with van der Waals surface area (Å²) in [5.41, 5.74) is 14.0. The van der Waals surface area contributed by atoms with E-state index in [1.165, 1.54) is 11.1 Å². The van der Waals surface area contributed by atoms with E-state index in [0.717, 1.165) is 58.8 Å². The molecule has 3 aromatic carbocycles. The normalized spacial score (nSPS) is 12.1. The summed E-state index contributed by atoms with van der Waals surface area (Å²) >= 11 is 0. The van der Waals surface area contributed by atoms with Gasteiger partial charge in [0.05, 0.1) is 11.4 Å². The van der Waals surface area contributed by atoms with E-state index in [0.29, 0.717) is 45.3 Å². The van der Waals surface area contributed by atoms with Crippen LogP contribution in [0.4, 0.5) is 5.69 Å². The number of nitrogens with zero attached hydrogens (tertiary/aromatic N) is 1.